The number of nitrogens with zero attached hydrogens (tertiary/aromatic N) is 5. The second kappa shape index (κ2) is 8.64. The van der Waals surface area contributed by atoms with Gasteiger partial charge in [-0.1, -0.05) is 30.0 Å². The summed E-state index contributed by atoms with van der Waals surface area (Å²) in [5.74, 6) is 0.735. The largest absolute Gasteiger partial charge is 0.462 e. The van der Waals surface area contributed by atoms with E-state index in [2.05, 4.69) is 15.1 Å². The maximum Gasteiger partial charge on any atom is 0.338 e. The zero-order valence-corrected chi connectivity index (χ0v) is 16.0. The summed E-state index contributed by atoms with van der Waals surface area (Å²) in [6.45, 7) is 4.13. The van der Waals surface area contributed by atoms with Crippen LogP contribution >= 0.6 is 11.8 Å². The number of hydrogen-bond acceptors (Lipinski definition) is 7. The molecule has 8 heteroatoms. The van der Waals surface area contributed by atoms with Crippen molar-refractivity contribution >= 4 is 23.5 Å². The maximum absolute atomic E-state index is 12.3. The number of benzene rings is 1. The molecule has 0 radical (unpaired) electrons. The van der Waals surface area contributed by atoms with E-state index in [1.54, 1.807) is 16.6 Å². The zero-order valence-electron chi connectivity index (χ0n) is 15.2. The van der Waals surface area contributed by atoms with Crippen LogP contribution in [-0.4, -0.2) is 32.2 Å². The molecule has 3 aromatic rings. The summed E-state index contributed by atoms with van der Waals surface area (Å²) < 4.78 is 6.97. The van der Waals surface area contributed by atoms with Crippen LogP contribution in [0.25, 0.3) is 5.78 Å². The number of aryl methyl sites for hydroxylation is 2. The van der Waals surface area contributed by atoms with E-state index in [1.165, 1.54) is 11.8 Å². The first-order valence-electron chi connectivity index (χ1n) is 8.54. The average Bonchev–Trinajstić information content (AvgIpc) is 3.07. The van der Waals surface area contributed by atoms with E-state index < -0.39 is 0 Å². The number of carbonyl (C=O) groups excluding carboxylic acids is 1. The van der Waals surface area contributed by atoms with Crippen LogP contribution in [0, 0.1) is 25.2 Å². The Kier molecular flexibility index (Phi) is 6.04. The third-order valence-corrected chi connectivity index (χ3v) is 4.75. The van der Waals surface area contributed by atoms with Gasteiger partial charge < -0.3 is 4.74 Å². The molecule has 0 bridgehead atoms. The minimum absolute atomic E-state index is 0.242. The van der Waals surface area contributed by atoms with Crippen LogP contribution in [0.2, 0.25) is 0 Å². The molecular weight excluding hydrogens is 362 g/mol. The van der Waals surface area contributed by atoms with Crippen molar-refractivity contribution in [2.24, 2.45) is 0 Å². The van der Waals surface area contributed by atoms with Gasteiger partial charge in [-0.25, -0.2) is 14.3 Å². The molecule has 0 N–H and O–H groups in total. The highest BCUT2D eigenvalue weighted by atomic mass is 32.2. The molecular formula is C19H19N5O2S. The van der Waals surface area contributed by atoms with Crippen molar-refractivity contribution in [3.63, 3.8) is 0 Å². The fraction of sp³-hybridized carbons (Fsp3) is 0.316. The summed E-state index contributed by atoms with van der Waals surface area (Å²) in [4.78, 5) is 21.1. The lowest BCUT2D eigenvalue weighted by Crippen LogP contribution is -2.09. The van der Waals surface area contributed by atoms with Gasteiger partial charge in [0.25, 0.3) is 5.78 Å². The number of ether oxygens (including phenoxy) is 1. The minimum Gasteiger partial charge on any atom is -0.462 e. The molecule has 27 heavy (non-hydrogen) atoms. The number of unbranched alkanes of at least 4 members (excludes halogenated alkanes) is 1. The second-order valence-corrected chi connectivity index (χ2v) is 6.93. The van der Waals surface area contributed by atoms with Gasteiger partial charge in [0.05, 0.1) is 18.2 Å². The summed E-state index contributed by atoms with van der Waals surface area (Å²) in [6, 6.07) is 11.3. The molecule has 2 heterocycles. The Morgan fingerprint density at radius 1 is 1.30 bits per heavy atom. The number of rotatable bonds is 7. The van der Waals surface area contributed by atoms with E-state index in [1.807, 2.05) is 38.1 Å². The van der Waals surface area contributed by atoms with E-state index in [9.17, 15) is 4.79 Å². The molecule has 0 aliphatic rings. The number of hydrogen-bond donors (Lipinski definition) is 0. The predicted octanol–water partition coefficient (Wildman–Crippen LogP) is 3.49. The fourth-order valence-corrected chi connectivity index (χ4v) is 3.41. The quantitative estimate of drug-likeness (QED) is 0.351. The van der Waals surface area contributed by atoms with E-state index in [0.717, 1.165) is 17.0 Å². The van der Waals surface area contributed by atoms with E-state index in [-0.39, 0.29) is 12.6 Å². The fourth-order valence-electron chi connectivity index (χ4n) is 2.59. The molecule has 0 unspecified atom stereocenters. The van der Waals surface area contributed by atoms with Crippen LogP contribution in [0.4, 0.5) is 0 Å². The van der Waals surface area contributed by atoms with Crippen molar-refractivity contribution in [2.75, 3.05) is 6.61 Å². The topological polar surface area (TPSA) is 93.2 Å². The van der Waals surface area contributed by atoms with Crippen LogP contribution in [0.5, 0.6) is 0 Å². The molecule has 2 aromatic heterocycles. The molecule has 0 spiro atoms. The summed E-state index contributed by atoms with van der Waals surface area (Å²) in [6.07, 6.45) is 0.910. The van der Waals surface area contributed by atoms with Crippen LogP contribution in [0.3, 0.4) is 0 Å². The third kappa shape index (κ3) is 4.63. The highest BCUT2D eigenvalue weighted by Crippen LogP contribution is 2.23. The molecule has 1 aromatic carbocycles. The standard InChI is InChI=1S/C19H19N5O2S/c1-13-11-14(2)24-18(21-13)22-19(23-24)27-12-15-7-3-4-8-16(15)17(25)26-10-6-5-9-20/h3-4,7-8,11H,5-6,10,12H2,1-2H3. The Morgan fingerprint density at radius 2 is 2.11 bits per heavy atom. The average molecular weight is 381 g/mol. The minimum atomic E-state index is -0.375. The molecule has 138 valence electrons. The first-order valence-corrected chi connectivity index (χ1v) is 9.53. The number of aromatic nitrogens is 4. The van der Waals surface area contributed by atoms with Gasteiger partial charge in [0.15, 0.2) is 0 Å². The summed E-state index contributed by atoms with van der Waals surface area (Å²) >= 11 is 1.44. The number of esters is 1. The lowest BCUT2D eigenvalue weighted by Gasteiger charge is -2.08. The van der Waals surface area contributed by atoms with Crippen molar-refractivity contribution in [1.29, 1.82) is 5.26 Å². The van der Waals surface area contributed by atoms with Gasteiger partial charge >= 0.3 is 5.97 Å². The molecule has 0 aliphatic heterocycles. The molecule has 0 atom stereocenters. The lowest BCUT2D eigenvalue weighted by molar-refractivity contribution is 0.0501. The first kappa shape index (κ1) is 18.9. The second-order valence-electron chi connectivity index (χ2n) is 5.99. The lowest BCUT2D eigenvalue weighted by atomic mass is 10.1. The van der Waals surface area contributed by atoms with Gasteiger partial charge in [0, 0.05) is 23.6 Å². The Morgan fingerprint density at radius 3 is 2.93 bits per heavy atom. The summed E-state index contributed by atoms with van der Waals surface area (Å²) in [5, 5.41) is 13.6. The molecule has 3 rings (SSSR count). The number of fused-ring (bicyclic) bond motifs is 1. The number of nitriles is 1. The van der Waals surface area contributed by atoms with Crippen molar-refractivity contribution < 1.29 is 9.53 Å². The molecule has 0 amide bonds. The van der Waals surface area contributed by atoms with Crippen LogP contribution in [0.15, 0.2) is 35.5 Å². The van der Waals surface area contributed by atoms with Crippen molar-refractivity contribution in [3.05, 3.63) is 52.8 Å². The van der Waals surface area contributed by atoms with Gasteiger partial charge in [-0.05, 0) is 38.0 Å². The molecule has 0 aliphatic carbocycles. The van der Waals surface area contributed by atoms with Gasteiger partial charge in [0.2, 0.25) is 5.16 Å². The van der Waals surface area contributed by atoms with Gasteiger partial charge in [-0.15, -0.1) is 5.10 Å². The first-order chi connectivity index (χ1) is 13.1. The van der Waals surface area contributed by atoms with E-state index >= 15 is 0 Å². The Balaban J connectivity index is 1.70. The molecule has 0 fully saturated rings. The summed E-state index contributed by atoms with van der Waals surface area (Å²) in [7, 11) is 0. The monoisotopic (exact) mass is 381 g/mol. The van der Waals surface area contributed by atoms with Crippen LogP contribution in [0.1, 0.15) is 40.2 Å². The van der Waals surface area contributed by atoms with Gasteiger partial charge in [-0.2, -0.15) is 10.2 Å². The Bertz CT molecular complexity index is 1010. The summed E-state index contributed by atoms with van der Waals surface area (Å²) in [5.41, 5.74) is 3.25. The third-order valence-electron chi connectivity index (χ3n) is 3.86. The van der Waals surface area contributed by atoms with Crippen molar-refractivity contribution in [1.82, 2.24) is 19.6 Å². The van der Waals surface area contributed by atoms with Crippen LogP contribution in [-0.2, 0) is 10.5 Å². The molecule has 7 nitrogen and oxygen atoms in total. The highest BCUT2D eigenvalue weighted by Gasteiger charge is 2.14. The normalized spacial score (nSPS) is 10.7. The maximum atomic E-state index is 12.3. The van der Waals surface area contributed by atoms with Crippen molar-refractivity contribution in [3.8, 4) is 6.07 Å². The Labute approximate surface area is 161 Å². The van der Waals surface area contributed by atoms with Crippen molar-refractivity contribution in [2.45, 2.75) is 37.6 Å². The number of carbonyl (C=O) groups is 1. The Hall–Kier alpha value is -2.92. The van der Waals surface area contributed by atoms with Gasteiger partial charge in [-0.3, -0.25) is 0 Å². The van der Waals surface area contributed by atoms with E-state index in [4.69, 9.17) is 10.00 Å². The smallest absolute Gasteiger partial charge is 0.338 e. The zero-order chi connectivity index (χ0) is 19.2. The molecule has 0 saturated heterocycles. The number of thioether (sulfide) groups is 1. The molecule has 0 saturated carbocycles. The van der Waals surface area contributed by atoms with E-state index in [0.29, 0.717) is 35.1 Å². The van der Waals surface area contributed by atoms with Crippen LogP contribution < -0.4 is 0 Å². The van der Waals surface area contributed by atoms with Gasteiger partial charge in [0.1, 0.15) is 0 Å². The SMILES string of the molecule is Cc1cc(C)n2nc(SCc3ccccc3C(=O)OCCCC#N)nc2n1. The predicted molar refractivity (Wildman–Crippen MR) is 101 cm³/mol. The highest BCUT2D eigenvalue weighted by molar-refractivity contribution is 7.98.